The first-order chi connectivity index (χ1) is 15.3. The zero-order valence-corrected chi connectivity index (χ0v) is 19.7. The van der Waals surface area contributed by atoms with Crippen LogP contribution in [-0.4, -0.2) is 24.2 Å². The summed E-state index contributed by atoms with van der Waals surface area (Å²) in [6.45, 7) is 2.04. The Balaban J connectivity index is 1.66. The molecule has 164 valence electrons. The van der Waals surface area contributed by atoms with Crippen molar-refractivity contribution >= 4 is 58.8 Å². The average molecular weight is 488 g/mol. The first-order valence-corrected chi connectivity index (χ1v) is 10.9. The van der Waals surface area contributed by atoms with Gasteiger partial charge < -0.3 is 0 Å². The maximum Gasteiger partial charge on any atom is 0.272 e. The van der Waals surface area contributed by atoms with Gasteiger partial charge in [-0.2, -0.15) is 0 Å². The van der Waals surface area contributed by atoms with Crippen molar-refractivity contribution in [1.29, 1.82) is 0 Å². The van der Waals surface area contributed by atoms with E-state index in [2.05, 4.69) is 5.43 Å². The van der Waals surface area contributed by atoms with Gasteiger partial charge in [-0.3, -0.25) is 20.0 Å². The number of hydrazine groups is 1. The molecule has 3 aromatic rings. The van der Waals surface area contributed by atoms with Crippen molar-refractivity contribution in [2.24, 2.45) is 0 Å². The summed E-state index contributed by atoms with van der Waals surface area (Å²) in [4.78, 5) is 23.8. The summed E-state index contributed by atoms with van der Waals surface area (Å²) >= 11 is 18.3. The Morgan fingerprint density at radius 3 is 2.25 bits per heavy atom. The molecule has 0 aliphatic carbocycles. The van der Waals surface area contributed by atoms with Crippen LogP contribution in [0, 0.1) is 0 Å². The molecule has 0 aromatic heterocycles. The van der Waals surface area contributed by atoms with Crippen LogP contribution in [0.2, 0.25) is 15.1 Å². The molecule has 0 saturated carbocycles. The number of carbonyl (C=O) groups is 2. The highest BCUT2D eigenvalue weighted by Crippen LogP contribution is 2.34. The number of nitrogens with zero attached hydrogens (tertiary/aromatic N) is 1. The van der Waals surface area contributed by atoms with Gasteiger partial charge in [0.05, 0.1) is 26.3 Å². The van der Waals surface area contributed by atoms with E-state index in [0.29, 0.717) is 32.5 Å². The average Bonchev–Trinajstić information content (AvgIpc) is 2.80. The second kappa shape index (κ2) is 10.7. The van der Waals surface area contributed by atoms with Gasteiger partial charge in [-0.1, -0.05) is 84.2 Å². The number of amides is 1. The zero-order chi connectivity index (χ0) is 23.3. The van der Waals surface area contributed by atoms with Crippen LogP contribution in [-0.2, 0) is 0 Å². The third-order valence-electron chi connectivity index (χ3n) is 4.94. The highest BCUT2D eigenvalue weighted by atomic mass is 35.5. The van der Waals surface area contributed by atoms with Crippen LogP contribution in [0.1, 0.15) is 44.7 Å². The number of hydrogen-bond acceptors (Lipinski definition) is 3. The lowest BCUT2D eigenvalue weighted by Gasteiger charge is -2.20. The molecule has 3 aromatic carbocycles. The number of rotatable bonds is 7. The Labute approximate surface area is 202 Å². The van der Waals surface area contributed by atoms with Gasteiger partial charge in [0.2, 0.25) is 0 Å². The van der Waals surface area contributed by atoms with Gasteiger partial charge in [0.15, 0.2) is 6.29 Å². The van der Waals surface area contributed by atoms with Gasteiger partial charge in [0.1, 0.15) is 0 Å². The highest BCUT2D eigenvalue weighted by Gasteiger charge is 2.15. The molecule has 4 nitrogen and oxygen atoms in total. The Bertz CT molecular complexity index is 1140. The summed E-state index contributed by atoms with van der Waals surface area (Å²) in [5.74, 6) is -0.215. The van der Waals surface area contributed by atoms with Gasteiger partial charge in [0.25, 0.3) is 5.91 Å². The number of hydrogen-bond donors (Lipinski definition) is 1. The Kier molecular flexibility index (Phi) is 7.97. The van der Waals surface area contributed by atoms with Crippen LogP contribution in [0.4, 0.5) is 5.69 Å². The van der Waals surface area contributed by atoms with Crippen molar-refractivity contribution in [2.75, 3.05) is 12.5 Å². The van der Waals surface area contributed by atoms with Crippen LogP contribution >= 0.6 is 34.8 Å². The van der Waals surface area contributed by atoms with E-state index in [1.54, 1.807) is 31.3 Å². The minimum absolute atomic E-state index is 0.0849. The van der Waals surface area contributed by atoms with Crippen LogP contribution in [0.3, 0.4) is 0 Å². The molecule has 1 amide bonds. The lowest BCUT2D eigenvalue weighted by atomic mass is 10.00. The van der Waals surface area contributed by atoms with Crippen molar-refractivity contribution < 1.29 is 9.59 Å². The molecular weight excluding hydrogens is 467 g/mol. The third kappa shape index (κ3) is 5.71. The van der Waals surface area contributed by atoms with E-state index in [1.807, 2.05) is 55.5 Å². The summed E-state index contributed by atoms with van der Waals surface area (Å²) in [5.41, 5.74) is 6.42. The summed E-state index contributed by atoms with van der Waals surface area (Å²) in [6.07, 6.45) is 4.72. The smallest absolute Gasteiger partial charge is 0.272 e. The number of aldehydes is 1. The van der Waals surface area contributed by atoms with Crippen molar-refractivity contribution in [2.45, 2.75) is 12.8 Å². The van der Waals surface area contributed by atoms with Crippen molar-refractivity contribution in [3.63, 3.8) is 0 Å². The second-order valence-electron chi connectivity index (χ2n) is 7.25. The standard InChI is InChI=1S/C25H21Cl3N2O2/c1-16(19-13-22(26)24(28)23(27)14-19)7-8-17-9-11-20(12-10-17)29-30(2)25(32)21-6-4-3-5-18(21)15-31/h3-16,29H,1-2H3/b8-7+. The monoisotopic (exact) mass is 486 g/mol. The molecule has 0 fully saturated rings. The largest absolute Gasteiger partial charge is 0.298 e. The fourth-order valence-corrected chi connectivity index (χ4v) is 3.71. The fourth-order valence-electron chi connectivity index (χ4n) is 3.09. The summed E-state index contributed by atoms with van der Waals surface area (Å²) in [7, 11) is 1.61. The first kappa shape index (κ1) is 23.9. The molecule has 0 saturated heterocycles. The molecule has 0 heterocycles. The topological polar surface area (TPSA) is 49.4 Å². The van der Waals surface area contributed by atoms with Crippen LogP contribution < -0.4 is 5.43 Å². The second-order valence-corrected chi connectivity index (χ2v) is 8.44. The predicted octanol–water partition coefficient (Wildman–Crippen LogP) is 7.38. The summed E-state index contributed by atoms with van der Waals surface area (Å²) in [6, 6.07) is 17.9. The van der Waals surface area contributed by atoms with E-state index in [1.165, 1.54) is 5.01 Å². The molecule has 1 unspecified atom stereocenters. The van der Waals surface area contributed by atoms with Crippen molar-refractivity contribution in [1.82, 2.24) is 5.01 Å². The lowest BCUT2D eigenvalue weighted by Crippen LogP contribution is -2.32. The maximum atomic E-state index is 12.6. The molecular formula is C25H21Cl3N2O2. The van der Waals surface area contributed by atoms with E-state index in [0.717, 1.165) is 16.8 Å². The van der Waals surface area contributed by atoms with E-state index < -0.39 is 0 Å². The Hall–Kier alpha value is -2.79. The normalized spacial score (nSPS) is 11.9. The van der Waals surface area contributed by atoms with Gasteiger partial charge >= 0.3 is 0 Å². The minimum atomic E-state index is -0.300. The molecule has 0 radical (unpaired) electrons. The maximum absolute atomic E-state index is 12.6. The predicted molar refractivity (Wildman–Crippen MR) is 133 cm³/mol. The number of carbonyl (C=O) groups excluding carboxylic acids is 2. The quantitative estimate of drug-likeness (QED) is 0.215. The number of anilines is 1. The van der Waals surface area contributed by atoms with Gasteiger partial charge in [0, 0.05) is 12.6 Å². The number of benzene rings is 3. The molecule has 0 spiro atoms. The Morgan fingerprint density at radius 2 is 1.62 bits per heavy atom. The third-order valence-corrected chi connectivity index (χ3v) is 6.14. The number of halogens is 3. The van der Waals surface area contributed by atoms with E-state index in [4.69, 9.17) is 34.8 Å². The molecule has 1 N–H and O–H groups in total. The molecule has 0 bridgehead atoms. The molecule has 32 heavy (non-hydrogen) atoms. The highest BCUT2D eigenvalue weighted by molar-refractivity contribution is 6.48. The van der Waals surface area contributed by atoms with Crippen LogP contribution in [0.15, 0.2) is 66.7 Å². The van der Waals surface area contributed by atoms with Crippen molar-refractivity contribution in [3.05, 3.63) is 104 Å². The summed E-state index contributed by atoms with van der Waals surface area (Å²) < 4.78 is 0. The lowest BCUT2D eigenvalue weighted by molar-refractivity contribution is 0.0822. The number of allylic oxidation sites excluding steroid dienone is 1. The zero-order valence-electron chi connectivity index (χ0n) is 17.5. The Morgan fingerprint density at radius 1 is 1.00 bits per heavy atom. The van der Waals surface area contributed by atoms with Crippen LogP contribution in [0.5, 0.6) is 0 Å². The fraction of sp³-hybridized carbons (Fsp3) is 0.120. The SMILES string of the molecule is CC(/C=C/c1ccc(NN(C)C(=O)c2ccccc2C=O)cc1)c1cc(Cl)c(Cl)c(Cl)c1. The van der Waals surface area contributed by atoms with E-state index >= 15 is 0 Å². The van der Waals surface area contributed by atoms with Crippen molar-refractivity contribution in [3.8, 4) is 0 Å². The first-order valence-electron chi connectivity index (χ1n) is 9.81. The van der Waals surface area contributed by atoms with E-state index in [-0.39, 0.29) is 11.8 Å². The molecule has 0 aliphatic heterocycles. The summed E-state index contributed by atoms with van der Waals surface area (Å²) in [5, 5.41) is 2.57. The van der Waals surface area contributed by atoms with E-state index in [9.17, 15) is 9.59 Å². The van der Waals surface area contributed by atoms with Gasteiger partial charge in [-0.15, -0.1) is 0 Å². The van der Waals surface area contributed by atoms with Crippen LogP contribution in [0.25, 0.3) is 6.08 Å². The van der Waals surface area contributed by atoms with Gasteiger partial charge in [-0.25, -0.2) is 0 Å². The minimum Gasteiger partial charge on any atom is -0.298 e. The molecule has 1 atom stereocenters. The molecule has 7 heteroatoms. The molecule has 0 aliphatic rings. The van der Waals surface area contributed by atoms with Gasteiger partial charge in [-0.05, 0) is 47.4 Å². The molecule has 3 rings (SSSR count). The number of nitrogens with one attached hydrogen (secondary N) is 1.